The first-order valence-electron chi connectivity index (χ1n) is 9.98. The molecule has 0 saturated carbocycles. The van der Waals surface area contributed by atoms with Crippen molar-refractivity contribution in [3.8, 4) is 0 Å². The number of sulfonamides is 1. The van der Waals surface area contributed by atoms with E-state index in [1.807, 2.05) is 49.4 Å². The van der Waals surface area contributed by atoms with E-state index in [1.165, 1.54) is 5.56 Å². The standard InChI is InChI=1S/C24H23NO3S/c1-15-11-12-18-20-14-21(25-29(26,27)23-10-6-3-7-16(23)2)17-8-4-5-9-19(17)24(20)28-22(18)13-15/h3-10,14-15,25H,11-13H2,1-2H3. The molecule has 3 aromatic carbocycles. The lowest BCUT2D eigenvalue weighted by Crippen LogP contribution is -2.14. The second-order valence-electron chi connectivity index (χ2n) is 8.07. The zero-order valence-electron chi connectivity index (χ0n) is 16.5. The van der Waals surface area contributed by atoms with Crippen LogP contribution in [0.5, 0.6) is 0 Å². The molecular formula is C24H23NO3S. The summed E-state index contributed by atoms with van der Waals surface area (Å²) in [7, 11) is -3.70. The number of fused-ring (bicyclic) bond motifs is 5. The minimum Gasteiger partial charge on any atom is -0.460 e. The average molecular weight is 406 g/mol. The monoisotopic (exact) mass is 405 g/mol. The Kier molecular flexibility index (Phi) is 4.17. The Hall–Kier alpha value is -2.79. The van der Waals surface area contributed by atoms with Gasteiger partial charge in [-0.2, -0.15) is 0 Å². The fraction of sp³-hybridized carbons (Fsp3) is 0.250. The number of furan rings is 1. The van der Waals surface area contributed by atoms with Crippen LogP contribution in [0.25, 0.3) is 21.7 Å². The Morgan fingerprint density at radius 1 is 1.00 bits per heavy atom. The van der Waals surface area contributed by atoms with Gasteiger partial charge in [0.25, 0.3) is 10.0 Å². The molecule has 0 amide bonds. The van der Waals surface area contributed by atoms with Crippen LogP contribution in [-0.4, -0.2) is 8.42 Å². The Balaban J connectivity index is 1.72. The van der Waals surface area contributed by atoms with Gasteiger partial charge in [-0.3, -0.25) is 4.72 Å². The van der Waals surface area contributed by atoms with E-state index in [0.717, 1.165) is 52.3 Å². The molecule has 0 radical (unpaired) electrons. The first kappa shape index (κ1) is 18.3. The van der Waals surface area contributed by atoms with Gasteiger partial charge in [-0.15, -0.1) is 0 Å². The minimum absolute atomic E-state index is 0.298. The number of nitrogens with one attached hydrogen (secondary N) is 1. The Bertz CT molecular complexity index is 1350. The smallest absolute Gasteiger partial charge is 0.262 e. The summed E-state index contributed by atoms with van der Waals surface area (Å²) in [5.41, 5.74) is 3.40. The van der Waals surface area contributed by atoms with Gasteiger partial charge < -0.3 is 4.42 Å². The third-order valence-electron chi connectivity index (χ3n) is 5.93. The van der Waals surface area contributed by atoms with Gasteiger partial charge >= 0.3 is 0 Å². The van der Waals surface area contributed by atoms with Gasteiger partial charge in [-0.25, -0.2) is 8.42 Å². The van der Waals surface area contributed by atoms with Crippen LogP contribution in [0.15, 0.2) is 63.9 Å². The van der Waals surface area contributed by atoms with Crippen molar-refractivity contribution in [2.45, 2.75) is 38.0 Å². The van der Waals surface area contributed by atoms with Crippen LogP contribution in [0, 0.1) is 12.8 Å². The van der Waals surface area contributed by atoms with E-state index in [0.29, 0.717) is 16.5 Å². The molecule has 1 heterocycles. The highest BCUT2D eigenvalue weighted by atomic mass is 32.2. The highest BCUT2D eigenvalue weighted by Gasteiger charge is 2.25. The minimum atomic E-state index is -3.70. The highest BCUT2D eigenvalue weighted by molar-refractivity contribution is 7.92. The second kappa shape index (κ2) is 6.63. The fourth-order valence-corrected chi connectivity index (χ4v) is 5.73. The largest absolute Gasteiger partial charge is 0.460 e. The van der Waals surface area contributed by atoms with E-state index in [1.54, 1.807) is 12.1 Å². The first-order valence-corrected chi connectivity index (χ1v) is 11.5. The fourth-order valence-electron chi connectivity index (χ4n) is 4.41. The van der Waals surface area contributed by atoms with Crippen LogP contribution >= 0.6 is 0 Å². The van der Waals surface area contributed by atoms with Crippen molar-refractivity contribution in [3.63, 3.8) is 0 Å². The van der Waals surface area contributed by atoms with E-state index in [-0.39, 0.29) is 0 Å². The van der Waals surface area contributed by atoms with Crippen LogP contribution in [-0.2, 0) is 22.9 Å². The molecule has 0 saturated heterocycles. The molecule has 1 aromatic heterocycles. The second-order valence-corrected chi connectivity index (χ2v) is 9.72. The molecule has 148 valence electrons. The summed E-state index contributed by atoms with van der Waals surface area (Å²) in [4.78, 5) is 0.298. The van der Waals surface area contributed by atoms with E-state index >= 15 is 0 Å². The summed E-state index contributed by atoms with van der Waals surface area (Å²) in [5, 5.41) is 2.80. The van der Waals surface area contributed by atoms with Gasteiger partial charge in [0, 0.05) is 28.1 Å². The molecule has 1 N–H and O–H groups in total. The summed E-state index contributed by atoms with van der Waals surface area (Å²) in [6.45, 7) is 4.06. The molecule has 0 fully saturated rings. The van der Waals surface area contributed by atoms with Crippen LogP contribution in [0.2, 0.25) is 0 Å². The molecule has 4 nitrogen and oxygen atoms in total. The van der Waals surface area contributed by atoms with Crippen LogP contribution in [0.3, 0.4) is 0 Å². The average Bonchev–Trinajstić information content (AvgIpc) is 3.06. The first-order chi connectivity index (χ1) is 13.9. The maximum absolute atomic E-state index is 13.1. The topological polar surface area (TPSA) is 59.3 Å². The lowest BCUT2D eigenvalue weighted by atomic mass is 9.88. The van der Waals surface area contributed by atoms with Crippen molar-refractivity contribution in [2.24, 2.45) is 5.92 Å². The lowest BCUT2D eigenvalue weighted by Gasteiger charge is -2.16. The molecule has 4 aromatic rings. The maximum atomic E-state index is 13.1. The summed E-state index contributed by atoms with van der Waals surface area (Å²) >= 11 is 0. The molecule has 5 heteroatoms. The lowest BCUT2D eigenvalue weighted by molar-refractivity contribution is 0.427. The summed E-state index contributed by atoms with van der Waals surface area (Å²) in [6, 6.07) is 16.8. The van der Waals surface area contributed by atoms with Crippen molar-refractivity contribution < 1.29 is 12.8 Å². The zero-order valence-corrected chi connectivity index (χ0v) is 17.3. The number of hydrogen-bond acceptors (Lipinski definition) is 3. The Morgan fingerprint density at radius 3 is 2.52 bits per heavy atom. The van der Waals surface area contributed by atoms with Crippen LogP contribution in [0.1, 0.15) is 30.2 Å². The normalized spacial score (nSPS) is 16.8. The van der Waals surface area contributed by atoms with E-state index in [9.17, 15) is 8.42 Å². The maximum Gasteiger partial charge on any atom is 0.262 e. The quantitative estimate of drug-likeness (QED) is 0.467. The molecule has 5 rings (SSSR count). The molecule has 29 heavy (non-hydrogen) atoms. The van der Waals surface area contributed by atoms with E-state index in [4.69, 9.17) is 4.42 Å². The van der Waals surface area contributed by atoms with Gasteiger partial charge in [0.15, 0.2) is 0 Å². The number of benzene rings is 3. The Morgan fingerprint density at radius 2 is 1.72 bits per heavy atom. The third kappa shape index (κ3) is 3.01. The molecule has 0 spiro atoms. The van der Waals surface area contributed by atoms with Crippen molar-refractivity contribution in [2.75, 3.05) is 4.72 Å². The van der Waals surface area contributed by atoms with Crippen LogP contribution < -0.4 is 4.72 Å². The molecule has 0 bridgehead atoms. The van der Waals surface area contributed by atoms with Gasteiger partial charge in [0.2, 0.25) is 0 Å². The number of anilines is 1. The summed E-state index contributed by atoms with van der Waals surface area (Å²) < 4.78 is 35.4. The van der Waals surface area contributed by atoms with E-state index in [2.05, 4.69) is 11.6 Å². The van der Waals surface area contributed by atoms with Gasteiger partial charge in [-0.1, -0.05) is 49.4 Å². The van der Waals surface area contributed by atoms with Crippen LogP contribution in [0.4, 0.5) is 5.69 Å². The number of rotatable bonds is 3. The predicted molar refractivity (Wildman–Crippen MR) is 117 cm³/mol. The van der Waals surface area contributed by atoms with Crippen molar-refractivity contribution in [1.29, 1.82) is 0 Å². The number of aryl methyl sites for hydroxylation is 2. The van der Waals surface area contributed by atoms with Gasteiger partial charge in [-0.05, 0) is 43.4 Å². The van der Waals surface area contributed by atoms with Crippen molar-refractivity contribution in [3.05, 3.63) is 71.5 Å². The Labute approximate surface area is 170 Å². The van der Waals surface area contributed by atoms with Crippen molar-refractivity contribution in [1.82, 2.24) is 0 Å². The third-order valence-corrected chi connectivity index (χ3v) is 7.46. The molecule has 1 atom stereocenters. The predicted octanol–water partition coefficient (Wildman–Crippen LogP) is 5.82. The van der Waals surface area contributed by atoms with Gasteiger partial charge in [0.1, 0.15) is 11.3 Å². The molecule has 1 aliphatic carbocycles. The summed E-state index contributed by atoms with van der Waals surface area (Å²) in [5.74, 6) is 1.65. The number of hydrogen-bond donors (Lipinski definition) is 1. The van der Waals surface area contributed by atoms with E-state index < -0.39 is 10.0 Å². The molecule has 1 aliphatic rings. The highest BCUT2D eigenvalue weighted by Crippen LogP contribution is 2.40. The summed E-state index contributed by atoms with van der Waals surface area (Å²) in [6.07, 6.45) is 3.02. The molecule has 0 aliphatic heterocycles. The zero-order chi connectivity index (χ0) is 20.2. The molecule has 1 unspecified atom stereocenters. The molecular weight excluding hydrogens is 382 g/mol. The van der Waals surface area contributed by atoms with Gasteiger partial charge in [0.05, 0.1) is 10.6 Å². The van der Waals surface area contributed by atoms with Crippen molar-refractivity contribution >= 4 is 37.5 Å². The SMILES string of the molecule is Cc1ccccc1S(=O)(=O)Nc1cc2c3c(oc2c2ccccc12)CC(C)CC3.